The Kier molecular flexibility index (Phi) is 2.89. The second-order valence-corrected chi connectivity index (χ2v) is 5.29. The molecule has 0 radical (unpaired) electrons. The van der Waals surface area contributed by atoms with Gasteiger partial charge >= 0.3 is 0 Å². The van der Waals surface area contributed by atoms with E-state index in [-0.39, 0.29) is 12.4 Å². The van der Waals surface area contributed by atoms with Crippen molar-refractivity contribution in [1.29, 1.82) is 0 Å². The molecule has 1 unspecified atom stereocenters. The lowest BCUT2D eigenvalue weighted by Crippen LogP contribution is -2.27. The Hall–Kier alpha value is -2.75. The van der Waals surface area contributed by atoms with Crippen LogP contribution < -0.4 is 4.74 Å². The van der Waals surface area contributed by atoms with Crippen LogP contribution in [0.5, 0.6) is 5.75 Å². The van der Waals surface area contributed by atoms with Gasteiger partial charge in [0.25, 0.3) is 0 Å². The highest BCUT2D eigenvalue weighted by atomic mass is 19.1. The fraction of sp³-hybridized carbons (Fsp3) is 0.111. The molecule has 1 aromatic heterocycles. The number of Topliss-reactive ketones (excluding diaryl/α,β-unsaturated/α-hetero) is 1. The lowest BCUT2D eigenvalue weighted by atomic mass is 9.89. The summed E-state index contributed by atoms with van der Waals surface area (Å²) < 4.78 is 19.1. The van der Waals surface area contributed by atoms with E-state index in [9.17, 15) is 9.18 Å². The van der Waals surface area contributed by atoms with Crippen LogP contribution in [-0.4, -0.2) is 17.4 Å². The van der Waals surface area contributed by atoms with Gasteiger partial charge in [-0.3, -0.25) is 9.78 Å². The zero-order chi connectivity index (χ0) is 15.1. The molecule has 4 heteroatoms. The van der Waals surface area contributed by atoms with Crippen molar-refractivity contribution in [3.63, 3.8) is 0 Å². The van der Waals surface area contributed by atoms with Crippen molar-refractivity contribution in [2.75, 3.05) is 6.61 Å². The first-order valence-corrected chi connectivity index (χ1v) is 7.04. The zero-order valence-electron chi connectivity index (χ0n) is 11.6. The smallest absolute Gasteiger partial charge is 0.179 e. The summed E-state index contributed by atoms with van der Waals surface area (Å²) in [6, 6.07) is 14.0. The SMILES string of the molecule is O=C1c2c(ccc3ccccc23)OCC1c1cc(F)ccn1. The Labute approximate surface area is 126 Å². The average molecular weight is 293 g/mol. The molecule has 0 spiro atoms. The number of benzene rings is 2. The number of nitrogens with zero attached hydrogens (tertiary/aromatic N) is 1. The lowest BCUT2D eigenvalue weighted by Gasteiger charge is -2.25. The van der Waals surface area contributed by atoms with Crippen molar-refractivity contribution in [3.8, 4) is 5.75 Å². The third kappa shape index (κ3) is 1.96. The normalized spacial score (nSPS) is 17.1. The van der Waals surface area contributed by atoms with Crippen LogP contribution in [0.1, 0.15) is 22.0 Å². The second-order valence-electron chi connectivity index (χ2n) is 5.29. The average Bonchev–Trinajstić information content (AvgIpc) is 2.55. The van der Waals surface area contributed by atoms with Crippen LogP contribution in [0, 0.1) is 5.82 Å². The van der Waals surface area contributed by atoms with Crippen molar-refractivity contribution in [1.82, 2.24) is 4.98 Å². The van der Waals surface area contributed by atoms with Gasteiger partial charge in [-0.25, -0.2) is 4.39 Å². The van der Waals surface area contributed by atoms with Crippen LogP contribution in [0.25, 0.3) is 10.8 Å². The molecule has 108 valence electrons. The van der Waals surface area contributed by atoms with E-state index in [2.05, 4.69) is 4.98 Å². The maximum Gasteiger partial charge on any atom is 0.179 e. The minimum Gasteiger partial charge on any atom is -0.492 e. The quantitative estimate of drug-likeness (QED) is 0.686. The highest BCUT2D eigenvalue weighted by Crippen LogP contribution is 2.36. The van der Waals surface area contributed by atoms with Crippen LogP contribution >= 0.6 is 0 Å². The van der Waals surface area contributed by atoms with E-state index in [0.717, 1.165) is 10.8 Å². The van der Waals surface area contributed by atoms with Gasteiger partial charge in [0.2, 0.25) is 0 Å². The number of rotatable bonds is 1. The summed E-state index contributed by atoms with van der Waals surface area (Å²) in [7, 11) is 0. The third-order valence-electron chi connectivity index (χ3n) is 3.96. The Morgan fingerprint density at radius 2 is 2.00 bits per heavy atom. The summed E-state index contributed by atoms with van der Waals surface area (Å²) in [5.41, 5.74) is 0.962. The van der Waals surface area contributed by atoms with Crippen molar-refractivity contribution >= 4 is 16.6 Å². The summed E-state index contributed by atoms with van der Waals surface area (Å²) in [6.45, 7) is 0.181. The van der Waals surface area contributed by atoms with E-state index in [4.69, 9.17) is 4.74 Å². The molecule has 1 atom stereocenters. The van der Waals surface area contributed by atoms with E-state index in [0.29, 0.717) is 17.0 Å². The predicted molar refractivity (Wildman–Crippen MR) is 80.7 cm³/mol. The minimum atomic E-state index is -0.575. The number of halogens is 1. The molecule has 0 aliphatic carbocycles. The number of ether oxygens (including phenoxy) is 1. The van der Waals surface area contributed by atoms with Crippen molar-refractivity contribution in [2.45, 2.75) is 5.92 Å². The molecule has 3 aromatic rings. The van der Waals surface area contributed by atoms with Gasteiger partial charge in [0, 0.05) is 6.20 Å². The number of carbonyl (C=O) groups is 1. The van der Waals surface area contributed by atoms with E-state index in [1.54, 1.807) is 0 Å². The number of pyridine rings is 1. The van der Waals surface area contributed by atoms with E-state index in [1.165, 1.54) is 18.3 Å². The van der Waals surface area contributed by atoms with Crippen molar-refractivity contribution in [3.05, 3.63) is 71.8 Å². The molecule has 0 fully saturated rings. The number of aromatic nitrogens is 1. The van der Waals surface area contributed by atoms with Gasteiger partial charge < -0.3 is 4.74 Å². The molecule has 1 aliphatic heterocycles. The molecule has 1 aliphatic rings. The van der Waals surface area contributed by atoms with Crippen LogP contribution in [0.2, 0.25) is 0 Å². The number of hydrogen-bond acceptors (Lipinski definition) is 3. The maximum atomic E-state index is 13.4. The maximum absolute atomic E-state index is 13.4. The molecule has 2 heterocycles. The zero-order valence-corrected chi connectivity index (χ0v) is 11.6. The lowest BCUT2D eigenvalue weighted by molar-refractivity contribution is 0.0896. The molecule has 0 bridgehead atoms. The molecule has 2 aromatic carbocycles. The Balaban J connectivity index is 1.87. The van der Waals surface area contributed by atoms with Crippen LogP contribution in [0.3, 0.4) is 0 Å². The van der Waals surface area contributed by atoms with Crippen molar-refractivity contribution in [2.24, 2.45) is 0 Å². The van der Waals surface area contributed by atoms with Gasteiger partial charge in [0.15, 0.2) is 5.78 Å². The van der Waals surface area contributed by atoms with Gasteiger partial charge in [-0.1, -0.05) is 30.3 Å². The van der Waals surface area contributed by atoms with E-state index in [1.807, 2.05) is 36.4 Å². The number of carbonyl (C=O) groups excluding carboxylic acids is 1. The second kappa shape index (κ2) is 4.91. The summed E-state index contributed by atoms with van der Waals surface area (Å²) in [6.07, 6.45) is 1.37. The molecule has 0 saturated heterocycles. The largest absolute Gasteiger partial charge is 0.492 e. The van der Waals surface area contributed by atoms with Gasteiger partial charge in [0.1, 0.15) is 18.2 Å². The first kappa shape index (κ1) is 13.0. The fourth-order valence-corrected chi connectivity index (χ4v) is 2.88. The molecule has 0 saturated carbocycles. The molecule has 3 nitrogen and oxygen atoms in total. The fourth-order valence-electron chi connectivity index (χ4n) is 2.88. The molecular formula is C18H12FNO2. The minimum absolute atomic E-state index is 0.0730. The Morgan fingerprint density at radius 3 is 2.86 bits per heavy atom. The van der Waals surface area contributed by atoms with Gasteiger partial charge in [0.05, 0.1) is 17.2 Å². The van der Waals surface area contributed by atoms with Crippen LogP contribution in [0.15, 0.2) is 54.7 Å². The summed E-state index contributed by atoms with van der Waals surface area (Å²) >= 11 is 0. The molecular weight excluding hydrogens is 281 g/mol. The molecule has 0 N–H and O–H groups in total. The highest BCUT2D eigenvalue weighted by molar-refractivity contribution is 6.13. The summed E-state index contributed by atoms with van der Waals surface area (Å²) in [5, 5.41) is 1.83. The standard InChI is InChI=1S/C18H12FNO2/c19-12-7-8-20-15(9-12)14-10-22-16-6-5-11-3-1-2-4-13(11)17(16)18(14)21/h1-9,14H,10H2. The monoisotopic (exact) mass is 293 g/mol. The number of fused-ring (bicyclic) bond motifs is 3. The molecule has 4 rings (SSSR count). The highest BCUT2D eigenvalue weighted by Gasteiger charge is 2.32. The van der Waals surface area contributed by atoms with Crippen LogP contribution in [-0.2, 0) is 0 Å². The van der Waals surface area contributed by atoms with Gasteiger partial charge in [-0.15, -0.1) is 0 Å². The van der Waals surface area contributed by atoms with E-state index < -0.39 is 11.7 Å². The van der Waals surface area contributed by atoms with Gasteiger partial charge in [-0.2, -0.15) is 0 Å². The van der Waals surface area contributed by atoms with Crippen molar-refractivity contribution < 1.29 is 13.9 Å². The Morgan fingerprint density at radius 1 is 1.14 bits per heavy atom. The van der Waals surface area contributed by atoms with Crippen LogP contribution in [0.4, 0.5) is 4.39 Å². The number of ketones is 1. The number of hydrogen-bond donors (Lipinski definition) is 0. The third-order valence-corrected chi connectivity index (χ3v) is 3.96. The molecule has 22 heavy (non-hydrogen) atoms. The van der Waals surface area contributed by atoms with E-state index >= 15 is 0 Å². The summed E-state index contributed by atoms with van der Waals surface area (Å²) in [4.78, 5) is 17.0. The first-order valence-electron chi connectivity index (χ1n) is 7.04. The first-order chi connectivity index (χ1) is 10.7. The Bertz CT molecular complexity index is 891. The predicted octanol–water partition coefficient (Wildman–Crippen LogP) is 3.73. The summed E-state index contributed by atoms with van der Waals surface area (Å²) in [5.74, 6) is -0.469. The van der Waals surface area contributed by atoms with Gasteiger partial charge in [-0.05, 0) is 29.0 Å². The molecule has 0 amide bonds. The topological polar surface area (TPSA) is 39.2 Å².